The summed E-state index contributed by atoms with van der Waals surface area (Å²) >= 11 is 12.0. The van der Waals surface area contributed by atoms with Gasteiger partial charge in [0.05, 0.1) is 5.02 Å². The Bertz CT molecular complexity index is 558. The Hall–Kier alpha value is -1.59. The molecule has 0 fully saturated rings. The number of halogens is 2. The molecule has 7 heteroatoms. The highest BCUT2D eigenvalue weighted by molar-refractivity contribution is 6.35. The van der Waals surface area contributed by atoms with E-state index in [1.54, 1.807) is 25.2 Å². The molecule has 17 heavy (non-hydrogen) atoms. The fraction of sp³-hybridized carbons (Fsp3) is 0.100. The summed E-state index contributed by atoms with van der Waals surface area (Å²) in [4.78, 5) is 12.1. The Kier molecular flexibility index (Phi) is 3.31. The predicted molar refractivity (Wildman–Crippen MR) is 69.2 cm³/mol. The lowest BCUT2D eigenvalue weighted by atomic mass is 10.2. The van der Waals surface area contributed by atoms with Gasteiger partial charge < -0.3 is 11.1 Å². The van der Waals surface area contributed by atoms with Crippen LogP contribution >= 0.6 is 23.2 Å². The van der Waals surface area contributed by atoms with Crippen LogP contribution in [0.2, 0.25) is 10.0 Å². The number of nitrogens with zero attached hydrogens (tertiary/aromatic N) is 3. The van der Waals surface area contributed by atoms with Gasteiger partial charge in [0.25, 0.3) is 0 Å². The Morgan fingerprint density at radius 2 is 1.94 bits per heavy atom. The first-order valence-corrected chi connectivity index (χ1v) is 5.50. The van der Waals surface area contributed by atoms with Gasteiger partial charge in [0.1, 0.15) is 0 Å². The molecule has 1 aromatic carbocycles. The number of benzene rings is 1. The molecular weight excluding hydrogens is 261 g/mol. The maximum Gasteiger partial charge on any atom is 0.227 e. The molecule has 88 valence electrons. The number of nitrogens with one attached hydrogen (secondary N) is 1. The third-order valence-corrected chi connectivity index (χ3v) is 2.61. The Morgan fingerprint density at radius 3 is 2.65 bits per heavy atom. The first-order valence-electron chi connectivity index (χ1n) is 4.75. The summed E-state index contributed by atoms with van der Waals surface area (Å²) in [5.74, 6) is 0.883. The van der Waals surface area contributed by atoms with Crippen molar-refractivity contribution in [3.8, 4) is 11.4 Å². The maximum absolute atomic E-state index is 6.06. The zero-order valence-corrected chi connectivity index (χ0v) is 10.4. The smallest absolute Gasteiger partial charge is 0.227 e. The van der Waals surface area contributed by atoms with Gasteiger partial charge in [-0.25, -0.2) is 0 Å². The number of anilines is 2. The van der Waals surface area contributed by atoms with Crippen molar-refractivity contribution in [2.24, 2.45) is 0 Å². The lowest BCUT2D eigenvalue weighted by Crippen LogP contribution is -2.04. The van der Waals surface area contributed by atoms with Gasteiger partial charge in [0.15, 0.2) is 5.82 Å². The first kappa shape index (κ1) is 11.9. The second-order valence-corrected chi connectivity index (χ2v) is 4.06. The van der Waals surface area contributed by atoms with Crippen molar-refractivity contribution in [1.29, 1.82) is 0 Å². The largest absolute Gasteiger partial charge is 0.368 e. The van der Waals surface area contributed by atoms with Crippen LogP contribution < -0.4 is 11.1 Å². The molecule has 3 N–H and O–H groups in total. The summed E-state index contributed by atoms with van der Waals surface area (Å²) in [5, 5.41) is 3.85. The second kappa shape index (κ2) is 4.73. The van der Waals surface area contributed by atoms with E-state index in [2.05, 4.69) is 20.3 Å². The highest BCUT2D eigenvalue weighted by atomic mass is 35.5. The number of nitrogen functional groups attached to an aromatic ring is 1. The standard InChI is InChI=1S/C10H9Cl2N5/c1-14-10-16-8(15-9(13)17-10)6-4-5(11)2-3-7(6)12/h2-4H,1H3,(H3,13,14,15,16,17). The van der Waals surface area contributed by atoms with Crippen molar-refractivity contribution in [3.63, 3.8) is 0 Å². The van der Waals surface area contributed by atoms with E-state index < -0.39 is 0 Å². The van der Waals surface area contributed by atoms with E-state index in [1.807, 2.05) is 0 Å². The molecule has 2 aromatic rings. The molecule has 1 heterocycles. The number of hydrogen-bond donors (Lipinski definition) is 2. The van der Waals surface area contributed by atoms with Crippen molar-refractivity contribution in [3.05, 3.63) is 28.2 Å². The normalized spacial score (nSPS) is 10.3. The minimum absolute atomic E-state index is 0.121. The summed E-state index contributed by atoms with van der Waals surface area (Å²) < 4.78 is 0. The molecule has 1 aromatic heterocycles. The monoisotopic (exact) mass is 269 g/mol. The SMILES string of the molecule is CNc1nc(N)nc(-c2cc(Cl)ccc2Cl)n1. The van der Waals surface area contributed by atoms with Gasteiger partial charge in [-0.2, -0.15) is 15.0 Å². The van der Waals surface area contributed by atoms with Gasteiger partial charge in [-0.1, -0.05) is 23.2 Å². The van der Waals surface area contributed by atoms with Crippen LogP contribution in [-0.4, -0.2) is 22.0 Å². The molecule has 0 atom stereocenters. The van der Waals surface area contributed by atoms with E-state index in [4.69, 9.17) is 28.9 Å². The fourth-order valence-electron chi connectivity index (χ4n) is 1.29. The highest BCUT2D eigenvalue weighted by Gasteiger charge is 2.10. The van der Waals surface area contributed by atoms with Gasteiger partial charge in [-0.05, 0) is 18.2 Å². The van der Waals surface area contributed by atoms with Crippen LogP contribution in [0.4, 0.5) is 11.9 Å². The van der Waals surface area contributed by atoms with E-state index in [9.17, 15) is 0 Å². The Morgan fingerprint density at radius 1 is 1.18 bits per heavy atom. The molecule has 0 aliphatic rings. The van der Waals surface area contributed by atoms with Crippen molar-refractivity contribution < 1.29 is 0 Å². The van der Waals surface area contributed by atoms with Gasteiger partial charge in [-0.15, -0.1) is 0 Å². The van der Waals surface area contributed by atoms with E-state index in [-0.39, 0.29) is 5.95 Å². The highest BCUT2D eigenvalue weighted by Crippen LogP contribution is 2.28. The Balaban J connectivity index is 2.59. The molecule has 0 unspecified atom stereocenters. The van der Waals surface area contributed by atoms with E-state index in [1.165, 1.54) is 0 Å². The zero-order chi connectivity index (χ0) is 12.4. The van der Waals surface area contributed by atoms with Crippen LogP contribution in [0.3, 0.4) is 0 Å². The quantitative estimate of drug-likeness (QED) is 0.876. The molecule has 0 amide bonds. The van der Waals surface area contributed by atoms with Crippen LogP contribution in [-0.2, 0) is 0 Å². The number of hydrogen-bond acceptors (Lipinski definition) is 5. The maximum atomic E-state index is 6.06. The third-order valence-electron chi connectivity index (χ3n) is 2.05. The second-order valence-electron chi connectivity index (χ2n) is 3.21. The molecule has 0 saturated carbocycles. The van der Waals surface area contributed by atoms with Crippen molar-refractivity contribution in [1.82, 2.24) is 15.0 Å². The van der Waals surface area contributed by atoms with E-state index in [0.717, 1.165) is 0 Å². The van der Waals surface area contributed by atoms with Gasteiger partial charge in [-0.3, -0.25) is 0 Å². The molecule has 0 bridgehead atoms. The molecular formula is C10H9Cl2N5. The van der Waals surface area contributed by atoms with Crippen LogP contribution in [0.15, 0.2) is 18.2 Å². The third kappa shape index (κ3) is 2.57. The molecule has 0 saturated heterocycles. The summed E-state index contributed by atoms with van der Waals surface area (Å²) in [5.41, 5.74) is 6.20. The number of aromatic nitrogens is 3. The predicted octanol–water partition coefficient (Wildman–Crippen LogP) is 2.47. The van der Waals surface area contributed by atoms with Crippen molar-refractivity contribution in [2.75, 3.05) is 18.1 Å². The summed E-state index contributed by atoms with van der Waals surface area (Å²) in [6.07, 6.45) is 0. The lowest BCUT2D eigenvalue weighted by molar-refractivity contribution is 1.07. The van der Waals surface area contributed by atoms with Gasteiger partial charge in [0, 0.05) is 17.6 Å². The fourth-order valence-corrected chi connectivity index (χ4v) is 1.67. The van der Waals surface area contributed by atoms with Crippen LogP contribution in [0.1, 0.15) is 0 Å². The van der Waals surface area contributed by atoms with Crippen LogP contribution in [0.5, 0.6) is 0 Å². The van der Waals surface area contributed by atoms with Gasteiger partial charge >= 0.3 is 0 Å². The molecule has 0 aliphatic heterocycles. The zero-order valence-electron chi connectivity index (χ0n) is 8.91. The summed E-state index contributed by atoms with van der Waals surface area (Å²) in [6, 6.07) is 5.05. The topological polar surface area (TPSA) is 76.7 Å². The first-order chi connectivity index (χ1) is 8.10. The van der Waals surface area contributed by atoms with E-state index in [0.29, 0.717) is 27.4 Å². The van der Waals surface area contributed by atoms with Crippen LogP contribution in [0, 0.1) is 0 Å². The van der Waals surface area contributed by atoms with Crippen molar-refractivity contribution >= 4 is 35.1 Å². The molecule has 5 nitrogen and oxygen atoms in total. The van der Waals surface area contributed by atoms with E-state index >= 15 is 0 Å². The summed E-state index contributed by atoms with van der Waals surface area (Å²) in [7, 11) is 1.69. The summed E-state index contributed by atoms with van der Waals surface area (Å²) in [6.45, 7) is 0. The lowest BCUT2D eigenvalue weighted by Gasteiger charge is -2.06. The molecule has 0 aliphatic carbocycles. The molecule has 0 spiro atoms. The molecule has 2 rings (SSSR count). The average molecular weight is 270 g/mol. The van der Waals surface area contributed by atoms with Crippen molar-refractivity contribution in [2.45, 2.75) is 0 Å². The minimum atomic E-state index is 0.121. The van der Waals surface area contributed by atoms with Gasteiger partial charge in [0.2, 0.25) is 11.9 Å². The Labute approximate surface area is 108 Å². The number of rotatable bonds is 2. The number of nitrogens with two attached hydrogens (primary N) is 1. The van der Waals surface area contributed by atoms with Crippen LogP contribution in [0.25, 0.3) is 11.4 Å². The minimum Gasteiger partial charge on any atom is -0.368 e. The molecule has 0 radical (unpaired) electrons. The average Bonchev–Trinajstić information content (AvgIpc) is 2.31.